The lowest BCUT2D eigenvalue weighted by atomic mass is 9.90. The van der Waals surface area contributed by atoms with Gasteiger partial charge in [0, 0.05) is 23.2 Å². The maximum absolute atomic E-state index is 14.9. The van der Waals surface area contributed by atoms with Crippen LogP contribution in [0.25, 0.3) is 0 Å². The summed E-state index contributed by atoms with van der Waals surface area (Å²) in [7, 11) is 0. The summed E-state index contributed by atoms with van der Waals surface area (Å²) in [6, 6.07) is 18.0. The fraction of sp³-hybridized carbons (Fsp3) is 0.417. The topological polar surface area (TPSA) is 108 Å². The number of phenolic OH excluding ortho intramolecular Hbond substituents is 1. The van der Waals surface area contributed by atoms with Gasteiger partial charge in [0.05, 0.1) is 0 Å². The van der Waals surface area contributed by atoms with Gasteiger partial charge in [0.2, 0.25) is 5.91 Å². The normalized spacial score (nSPS) is 13.0. The van der Waals surface area contributed by atoms with Crippen LogP contribution in [0.5, 0.6) is 5.75 Å². The van der Waals surface area contributed by atoms with E-state index in [2.05, 4.69) is 10.6 Å². The zero-order chi connectivity index (χ0) is 32.8. The van der Waals surface area contributed by atoms with Crippen molar-refractivity contribution in [3.8, 4) is 5.75 Å². The molecule has 0 aliphatic heterocycles. The molecule has 0 fully saturated rings. The number of nitrogens with zero attached hydrogens (tertiary/aromatic N) is 1. The SMILES string of the molecule is CCC(C)(C)N(C(=O)C(Cc1ccccc1)NC(=O)OC(C)(C)C)C(C(=O)Nc1c(C)cccc1C)c1cccc(C)c1O. The van der Waals surface area contributed by atoms with E-state index in [1.54, 1.807) is 45.9 Å². The Morgan fingerprint density at radius 3 is 1.98 bits per heavy atom. The highest BCUT2D eigenvalue weighted by Gasteiger charge is 2.44. The molecular formula is C36H47N3O5. The van der Waals surface area contributed by atoms with Gasteiger partial charge in [-0.1, -0.05) is 73.7 Å². The third-order valence-electron chi connectivity index (χ3n) is 7.83. The lowest BCUT2D eigenvalue weighted by Gasteiger charge is -2.44. The van der Waals surface area contributed by atoms with Gasteiger partial charge in [-0.15, -0.1) is 0 Å². The van der Waals surface area contributed by atoms with Crippen molar-refractivity contribution in [1.82, 2.24) is 10.2 Å². The van der Waals surface area contributed by atoms with Gasteiger partial charge in [0.25, 0.3) is 5.91 Å². The van der Waals surface area contributed by atoms with Crippen molar-refractivity contribution in [2.75, 3.05) is 5.32 Å². The molecule has 3 N–H and O–H groups in total. The summed E-state index contributed by atoms with van der Waals surface area (Å²) in [5.41, 5.74) is 2.41. The average molecular weight is 602 g/mol. The molecule has 0 aliphatic rings. The first-order chi connectivity index (χ1) is 20.6. The Labute approximate surface area is 261 Å². The van der Waals surface area contributed by atoms with Crippen LogP contribution < -0.4 is 10.6 Å². The molecule has 0 radical (unpaired) electrons. The molecule has 8 heteroatoms. The predicted molar refractivity (Wildman–Crippen MR) is 175 cm³/mol. The number of anilines is 1. The Bertz CT molecular complexity index is 1460. The fourth-order valence-electron chi connectivity index (χ4n) is 5.12. The van der Waals surface area contributed by atoms with Crippen LogP contribution in [-0.4, -0.2) is 45.1 Å². The van der Waals surface area contributed by atoms with E-state index in [0.29, 0.717) is 23.2 Å². The van der Waals surface area contributed by atoms with Crippen molar-refractivity contribution in [2.45, 2.75) is 98.4 Å². The Morgan fingerprint density at radius 1 is 0.841 bits per heavy atom. The monoisotopic (exact) mass is 601 g/mol. The van der Waals surface area contributed by atoms with E-state index in [9.17, 15) is 19.5 Å². The van der Waals surface area contributed by atoms with Crippen molar-refractivity contribution < 1.29 is 24.2 Å². The minimum Gasteiger partial charge on any atom is -0.507 e. The van der Waals surface area contributed by atoms with Crippen molar-refractivity contribution >= 4 is 23.6 Å². The molecule has 236 valence electrons. The van der Waals surface area contributed by atoms with Gasteiger partial charge < -0.3 is 25.4 Å². The Balaban J connectivity index is 2.21. The minimum atomic E-state index is -1.23. The number of phenols is 1. The molecule has 0 heterocycles. The van der Waals surface area contributed by atoms with Crippen LogP contribution in [0.1, 0.15) is 81.8 Å². The summed E-state index contributed by atoms with van der Waals surface area (Å²) in [6.45, 7) is 16.5. The van der Waals surface area contributed by atoms with Crippen molar-refractivity contribution in [3.05, 3.63) is 94.5 Å². The Kier molecular flexibility index (Phi) is 10.8. The summed E-state index contributed by atoms with van der Waals surface area (Å²) in [6.07, 6.45) is -0.0839. The number of hydrogen-bond donors (Lipinski definition) is 3. The number of rotatable bonds is 10. The summed E-state index contributed by atoms with van der Waals surface area (Å²) in [5, 5.41) is 17.2. The molecule has 44 heavy (non-hydrogen) atoms. The van der Waals surface area contributed by atoms with E-state index in [1.807, 2.05) is 83.1 Å². The van der Waals surface area contributed by atoms with Gasteiger partial charge in [0.15, 0.2) is 0 Å². The van der Waals surface area contributed by atoms with Gasteiger partial charge in [-0.2, -0.15) is 0 Å². The number of amides is 3. The third kappa shape index (κ3) is 8.40. The zero-order valence-corrected chi connectivity index (χ0v) is 27.4. The number of nitrogens with one attached hydrogen (secondary N) is 2. The summed E-state index contributed by atoms with van der Waals surface area (Å²) in [5.74, 6) is -1.03. The molecule has 3 aromatic rings. The van der Waals surface area contributed by atoms with Gasteiger partial charge in [-0.3, -0.25) is 9.59 Å². The number of benzene rings is 3. The first kappa shape index (κ1) is 34.2. The molecule has 3 aromatic carbocycles. The van der Waals surface area contributed by atoms with Crippen LogP contribution >= 0.6 is 0 Å². The number of ether oxygens (including phenoxy) is 1. The highest BCUT2D eigenvalue weighted by atomic mass is 16.6. The molecule has 2 unspecified atom stereocenters. The summed E-state index contributed by atoms with van der Waals surface area (Å²) in [4.78, 5) is 43.9. The number of alkyl carbamates (subject to hydrolysis) is 1. The maximum atomic E-state index is 14.9. The highest BCUT2D eigenvalue weighted by molar-refractivity contribution is 6.00. The van der Waals surface area contributed by atoms with Crippen LogP contribution in [0, 0.1) is 20.8 Å². The average Bonchev–Trinajstić information content (AvgIpc) is 2.94. The Morgan fingerprint density at radius 2 is 1.41 bits per heavy atom. The summed E-state index contributed by atoms with van der Waals surface area (Å²) >= 11 is 0. The number of aryl methyl sites for hydroxylation is 3. The van der Waals surface area contributed by atoms with Crippen molar-refractivity contribution in [1.29, 1.82) is 0 Å². The van der Waals surface area contributed by atoms with E-state index in [-0.39, 0.29) is 12.2 Å². The van der Waals surface area contributed by atoms with Crippen LogP contribution in [0.2, 0.25) is 0 Å². The second-order valence-electron chi connectivity index (χ2n) is 12.9. The van der Waals surface area contributed by atoms with Gasteiger partial charge >= 0.3 is 6.09 Å². The molecule has 0 saturated heterocycles. The van der Waals surface area contributed by atoms with Crippen LogP contribution in [-0.2, 0) is 20.7 Å². The molecule has 0 aromatic heterocycles. The predicted octanol–water partition coefficient (Wildman–Crippen LogP) is 7.15. The summed E-state index contributed by atoms with van der Waals surface area (Å²) < 4.78 is 5.54. The van der Waals surface area contributed by atoms with Crippen molar-refractivity contribution in [3.63, 3.8) is 0 Å². The molecule has 3 rings (SSSR count). The molecule has 0 aliphatic carbocycles. The molecule has 3 amide bonds. The largest absolute Gasteiger partial charge is 0.507 e. The number of aromatic hydroxyl groups is 1. The van der Waals surface area contributed by atoms with Crippen molar-refractivity contribution in [2.24, 2.45) is 0 Å². The van der Waals surface area contributed by atoms with Crippen LogP contribution in [0.4, 0.5) is 10.5 Å². The highest BCUT2D eigenvalue weighted by Crippen LogP contribution is 2.38. The lowest BCUT2D eigenvalue weighted by molar-refractivity contribution is -0.147. The van der Waals surface area contributed by atoms with E-state index < -0.39 is 41.1 Å². The molecule has 0 bridgehead atoms. The van der Waals surface area contributed by atoms with E-state index in [4.69, 9.17) is 4.74 Å². The maximum Gasteiger partial charge on any atom is 0.408 e. The van der Waals surface area contributed by atoms with E-state index in [0.717, 1.165) is 16.7 Å². The van der Waals surface area contributed by atoms with Gasteiger partial charge in [-0.05, 0) is 84.1 Å². The van der Waals surface area contributed by atoms with Gasteiger partial charge in [0.1, 0.15) is 23.4 Å². The first-order valence-electron chi connectivity index (χ1n) is 15.1. The number of carbonyl (C=O) groups excluding carboxylic acids is 3. The van der Waals surface area contributed by atoms with Crippen LogP contribution in [0.3, 0.4) is 0 Å². The molecule has 0 spiro atoms. The minimum absolute atomic E-state index is 0.0708. The van der Waals surface area contributed by atoms with Gasteiger partial charge in [-0.25, -0.2) is 4.79 Å². The molecular weight excluding hydrogens is 554 g/mol. The zero-order valence-electron chi connectivity index (χ0n) is 27.4. The number of hydrogen-bond acceptors (Lipinski definition) is 5. The Hall–Kier alpha value is -4.33. The number of carbonyl (C=O) groups is 3. The second kappa shape index (κ2) is 14.0. The second-order valence-corrected chi connectivity index (χ2v) is 12.9. The van der Waals surface area contributed by atoms with Crippen LogP contribution in [0.15, 0.2) is 66.7 Å². The molecule has 0 saturated carbocycles. The smallest absolute Gasteiger partial charge is 0.408 e. The number of para-hydroxylation sites is 2. The van der Waals surface area contributed by atoms with E-state index in [1.165, 1.54) is 4.90 Å². The first-order valence-corrected chi connectivity index (χ1v) is 15.1. The third-order valence-corrected chi connectivity index (χ3v) is 7.83. The molecule has 2 atom stereocenters. The fourth-order valence-corrected chi connectivity index (χ4v) is 5.12. The molecule has 8 nitrogen and oxygen atoms in total. The quantitative estimate of drug-likeness (QED) is 0.229. The lowest BCUT2D eigenvalue weighted by Crippen LogP contribution is -2.59. The standard InChI is InChI=1S/C36H47N3O5/c1-10-36(8,9)39(33(42)28(22-26-19-12-11-13-20-26)37-34(43)44-35(5,6)7)30(27-21-15-18-25(4)31(27)40)32(41)38-29-23(2)16-14-17-24(29)3/h11-21,28,30,40H,10,22H2,1-9H3,(H,37,43)(H,38,41). The van der Waals surface area contributed by atoms with E-state index >= 15 is 0 Å².